The van der Waals surface area contributed by atoms with Crippen molar-refractivity contribution in [3.05, 3.63) is 94.5 Å². The molecule has 1 N–H and O–H groups in total. The lowest BCUT2D eigenvalue weighted by atomic mass is 10.2. The van der Waals surface area contributed by atoms with E-state index in [1.807, 2.05) is 0 Å². The third-order valence-corrected chi connectivity index (χ3v) is 5.93. The number of carbonyl (C=O) groups excluding carboxylic acids is 1. The van der Waals surface area contributed by atoms with Crippen LogP contribution in [0.15, 0.2) is 82.6 Å². The molecule has 0 fully saturated rings. The summed E-state index contributed by atoms with van der Waals surface area (Å²) in [5.74, 6) is -0.216. The summed E-state index contributed by atoms with van der Waals surface area (Å²) in [5, 5.41) is 4.28. The average Bonchev–Trinajstić information content (AvgIpc) is 3.04. The average molecular weight is 422 g/mol. The third kappa shape index (κ3) is 3.87. The summed E-state index contributed by atoms with van der Waals surface area (Å²) in [4.78, 5) is 24.0. The zero-order valence-electron chi connectivity index (χ0n) is 16.0. The largest absolute Gasteiger partial charge is 0.350 e. The fourth-order valence-corrected chi connectivity index (χ4v) is 4.17. The number of hydrogen-bond acceptors (Lipinski definition) is 5. The molecule has 0 unspecified atom stereocenters. The number of sulfonamides is 1. The van der Waals surface area contributed by atoms with Crippen LogP contribution in [0.2, 0.25) is 0 Å². The van der Waals surface area contributed by atoms with Crippen LogP contribution >= 0.6 is 0 Å². The third-order valence-electron chi connectivity index (χ3n) is 4.55. The number of aromatic nitrogens is 3. The van der Waals surface area contributed by atoms with E-state index in [-0.39, 0.29) is 22.9 Å². The fourth-order valence-electron chi connectivity index (χ4n) is 3.07. The number of benzene rings is 2. The van der Waals surface area contributed by atoms with Gasteiger partial charge in [0.15, 0.2) is 11.4 Å². The Labute approximate surface area is 172 Å². The van der Waals surface area contributed by atoms with Crippen molar-refractivity contribution < 1.29 is 13.2 Å². The van der Waals surface area contributed by atoms with Gasteiger partial charge in [0, 0.05) is 17.4 Å². The maximum Gasteiger partial charge on any atom is 0.350 e. The first-order valence-electron chi connectivity index (χ1n) is 9.10. The lowest BCUT2D eigenvalue weighted by Gasteiger charge is -2.10. The summed E-state index contributed by atoms with van der Waals surface area (Å²) in [6.45, 7) is 1.57. The van der Waals surface area contributed by atoms with Crippen LogP contribution in [-0.4, -0.2) is 28.4 Å². The molecule has 152 valence electrons. The predicted molar refractivity (Wildman–Crippen MR) is 112 cm³/mol. The molecule has 2 heterocycles. The summed E-state index contributed by atoms with van der Waals surface area (Å²) >= 11 is 0. The molecule has 4 rings (SSSR count). The molecule has 0 radical (unpaired) electrons. The van der Waals surface area contributed by atoms with Gasteiger partial charge in [-0.15, -0.1) is 5.10 Å². The second kappa shape index (κ2) is 7.60. The normalized spacial score (nSPS) is 11.5. The Kier molecular flexibility index (Phi) is 4.96. The second-order valence-electron chi connectivity index (χ2n) is 6.76. The second-order valence-corrected chi connectivity index (χ2v) is 8.44. The van der Waals surface area contributed by atoms with Gasteiger partial charge in [-0.1, -0.05) is 30.3 Å². The monoisotopic (exact) mass is 422 g/mol. The lowest BCUT2D eigenvalue weighted by Crippen LogP contribution is -2.21. The van der Waals surface area contributed by atoms with Crippen LogP contribution < -0.4 is 10.4 Å². The minimum absolute atomic E-state index is 0.00262. The summed E-state index contributed by atoms with van der Waals surface area (Å²) < 4.78 is 30.7. The van der Waals surface area contributed by atoms with Crippen LogP contribution in [0.1, 0.15) is 22.8 Å². The molecule has 4 aromatic rings. The van der Waals surface area contributed by atoms with Crippen LogP contribution in [0.4, 0.5) is 5.69 Å². The van der Waals surface area contributed by atoms with Crippen LogP contribution in [-0.2, 0) is 16.6 Å². The summed E-state index contributed by atoms with van der Waals surface area (Å²) in [5.41, 5.74) is 1.62. The summed E-state index contributed by atoms with van der Waals surface area (Å²) in [6.07, 6.45) is 1.64. The molecule has 0 spiro atoms. The Balaban J connectivity index is 1.60. The molecule has 30 heavy (non-hydrogen) atoms. The quantitative estimate of drug-likeness (QED) is 0.481. The van der Waals surface area contributed by atoms with Gasteiger partial charge in [-0.2, -0.15) is 0 Å². The number of anilines is 1. The highest BCUT2D eigenvalue weighted by atomic mass is 32.2. The Morgan fingerprint density at radius 2 is 1.83 bits per heavy atom. The number of Topliss-reactive ketones (excluding diaryl/α,β-unsaturated/α-hetero) is 1. The first kappa shape index (κ1) is 19.6. The molecule has 0 bridgehead atoms. The molecule has 0 saturated carbocycles. The number of rotatable bonds is 6. The highest BCUT2D eigenvalue weighted by molar-refractivity contribution is 7.92. The molecular formula is C21H18N4O4S. The molecule has 0 saturated heterocycles. The molecule has 2 aromatic heterocycles. The highest BCUT2D eigenvalue weighted by Gasteiger charge is 2.16. The zero-order chi connectivity index (χ0) is 21.3. The fraction of sp³-hybridized carbons (Fsp3) is 0.0952. The highest BCUT2D eigenvalue weighted by Crippen LogP contribution is 2.19. The van der Waals surface area contributed by atoms with Crippen molar-refractivity contribution in [1.29, 1.82) is 0 Å². The SMILES string of the molecule is CC(=O)c1cccc(S(=O)(=O)Nc2cccc(Cn3nc4ccccn4c3=O)c2)c1. The molecule has 0 amide bonds. The maximum absolute atomic E-state index is 12.7. The van der Waals surface area contributed by atoms with E-state index in [0.717, 1.165) is 0 Å². The van der Waals surface area contributed by atoms with Crippen molar-refractivity contribution in [2.45, 2.75) is 18.4 Å². The van der Waals surface area contributed by atoms with Crippen LogP contribution in [0.5, 0.6) is 0 Å². The van der Waals surface area contributed by atoms with E-state index in [1.54, 1.807) is 54.7 Å². The van der Waals surface area contributed by atoms with E-state index in [1.165, 1.54) is 34.2 Å². The van der Waals surface area contributed by atoms with Crippen molar-refractivity contribution in [2.75, 3.05) is 4.72 Å². The number of hydrogen-bond donors (Lipinski definition) is 1. The smallest absolute Gasteiger partial charge is 0.295 e. The van der Waals surface area contributed by atoms with Crippen LogP contribution in [0, 0.1) is 0 Å². The van der Waals surface area contributed by atoms with Gasteiger partial charge in [0.25, 0.3) is 10.0 Å². The Morgan fingerprint density at radius 3 is 2.60 bits per heavy atom. The number of pyridine rings is 1. The minimum Gasteiger partial charge on any atom is -0.295 e. The van der Waals surface area contributed by atoms with Gasteiger partial charge in [-0.3, -0.25) is 13.9 Å². The minimum atomic E-state index is -3.88. The van der Waals surface area contributed by atoms with Crippen molar-refractivity contribution in [3.63, 3.8) is 0 Å². The molecule has 2 aromatic carbocycles. The number of carbonyl (C=O) groups is 1. The molecule has 0 atom stereocenters. The van der Waals surface area contributed by atoms with Gasteiger partial charge < -0.3 is 0 Å². The molecule has 8 nitrogen and oxygen atoms in total. The van der Waals surface area contributed by atoms with Crippen LogP contribution in [0.3, 0.4) is 0 Å². The number of nitrogens with one attached hydrogen (secondary N) is 1. The van der Waals surface area contributed by atoms with Crippen molar-refractivity contribution in [2.24, 2.45) is 0 Å². The Morgan fingerprint density at radius 1 is 1.03 bits per heavy atom. The first-order chi connectivity index (χ1) is 14.3. The standard InChI is InChI=1S/C21H18N4O4S/c1-15(26)17-7-5-9-19(13-17)30(28,29)23-18-8-4-6-16(12-18)14-25-21(27)24-11-3-2-10-20(24)22-25/h2-13,23H,14H2,1H3. The van der Waals surface area contributed by atoms with E-state index in [0.29, 0.717) is 22.5 Å². The Bertz CT molecular complexity index is 1420. The van der Waals surface area contributed by atoms with Gasteiger partial charge in [0.05, 0.1) is 11.4 Å². The van der Waals surface area contributed by atoms with Crippen molar-refractivity contribution >= 4 is 27.1 Å². The van der Waals surface area contributed by atoms with E-state index in [2.05, 4.69) is 9.82 Å². The van der Waals surface area contributed by atoms with Gasteiger partial charge >= 0.3 is 5.69 Å². The molecule has 9 heteroatoms. The van der Waals surface area contributed by atoms with E-state index < -0.39 is 10.0 Å². The molecule has 0 aliphatic carbocycles. The van der Waals surface area contributed by atoms with E-state index >= 15 is 0 Å². The van der Waals surface area contributed by atoms with E-state index in [4.69, 9.17) is 0 Å². The number of nitrogens with zero attached hydrogens (tertiary/aromatic N) is 3. The molecule has 0 aliphatic heterocycles. The summed E-state index contributed by atoms with van der Waals surface area (Å²) in [7, 11) is -3.88. The Hall–Kier alpha value is -3.72. The number of ketones is 1. The number of fused-ring (bicyclic) bond motifs is 1. The van der Waals surface area contributed by atoms with E-state index in [9.17, 15) is 18.0 Å². The van der Waals surface area contributed by atoms with Gasteiger partial charge in [0.2, 0.25) is 0 Å². The van der Waals surface area contributed by atoms with Crippen LogP contribution in [0.25, 0.3) is 5.65 Å². The predicted octanol–water partition coefficient (Wildman–Crippen LogP) is 2.55. The van der Waals surface area contributed by atoms with Crippen molar-refractivity contribution in [3.8, 4) is 0 Å². The zero-order valence-corrected chi connectivity index (χ0v) is 16.8. The summed E-state index contributed by atoms with van der Waals surface area (Å²) in [6, 6.07) is 17.9. The van der Waals surface area contributed by atoms with Gasteiger partial charge in [-0.05, 0) is 48.9 Å². The topological polar surface area (TPSA) is 103 Å². The molecular weight excluding hydrogens is 404 g/mol. The van der Waals surface area contributed by atoms with Gasteiger partial charge in [0.1, 0.15) is 0 Å². The maximum atomic E-state index is 12.7. The first-order valence-corrected chi connectivity index (χ1v) is 10.6. The molecule has 0 aliphatic rings. The van der Waals surface area contributed by atoms with Gasteiger partial charge in [-0.25, -0.2) is 17.9 Å². The van der Waals surface area contributed by atoms with Crippen molar-refractivity contribution in [1.82, 2.24) is 14.2 Å². The lowest BCUT2D eigenvalue weighted by molar-refractivity contribution is 0.101.